The molecule has 0 aliphatic rings. The third kappa shape index (κ3) is 6.31. The molecule has 0 aliphatic heterocycles. The van der Waals surface area contributed by atoms with Gasteiger partial charge < -0.3 is 27.1 Å². The van der Waals surface area contributed by atoms with E-state index in [1.165, 1.54) is 163 Å². The molecule has 8 aromatic heterocycles. The highest BCUT2D eigenvalue weighted by Crippen LogP contribution is 2.54. The van der Waals surface area contributed by atoms with Crippen molar-refractivity contribution in [3.05, 3.63) is 315 Å². The number of rotatable bonds is 6. The second-order valence-electron chi connectivity index (χ2n) is 26.2. The van der Waals surface area contributed by atoms with Gasteiger partial charge in [-0.15, -0.1) is 0 Å². The Bertz CT molecular complexity index is 6420. The molecule has 8 heterocycles. The molecule has 6 nitrogen and oxygen atoms in total. The summed E-state index contributed by atoms with van der Waals surface area (Å²) in [6, 6.07) is 118. The third-order valence-corrected chi connectivity index (χ3v) is 21.6. The molecule has 23 aromatic rings. The Balaban J connectivity index is 0.834. The SMILES string of the molecule is c1cc(-n2c3ccccc3c3ccccc32)c(-c2ccc3c4c5c6ccccc6n6c7cc(-c8c(-n9c%10ccccc%10c%10ccccc%109)cccc8-n8c9ccccc9c9ccccc98)ccc7c(c7c8ccccc8n(c3c2)c74)c56)c(-n2c3ccccc3c3ccccc32)c1. The van der Waals surface area contributed by atoms with Gasteiger partial charge in [-0.25, -0.2) is 0 Å². The smallest absolute Gasteiger partial charge is 0.0634 e. The number of aromatic nitrogens is 6. The van der Waals surface area contributed by atoms with Crippen molar-refractivity contribution >= 4 is 163 Å². The molecule has 0 radical (unpaired) electrons. The monoisotopic (exact) mass is 1220 g/mol. The maximum absolute atomic E-state index is 2.62. The molecule has 23 rings (SSSR count). The standard InChI is InChI=1S/C90H52N6/c1-11-33-67-55(23-1)56-24-2-12-34-68(56)91(67)77-43-21-44-78(92-69-35-13-3-25-57(69)58-26-4-14-36-70(58)92)83(77)53-47-49-65-81(51-53)95-75-41-19-9-31-63(75)86-88-66-50-48-54(52-82(66)96-76-42-20-10-32-64(76)85(90(88)96)87(65)89(86)95)84-79(93-71-37-15-5-27-59(71)60-28-6-16-38-72(60)93)45-22-46-80(84)94-73-39-17-7-29-61(73)62-30-8-18-40-74(62)94/h1-52H. The molecule has 0 N–H and O–H groups in total. The number of benzene rings is 15. The average molecular weight is 1220 g/mol. The van der Waals surface area contributed by atoms with Gasteiger partial charge in [0.2, 0.25) is 0 Å². The van der Waals surface area contributed by atoms with E-state index in [9.17, 15) is 0 Å². The van der Waals surface area contributed by atoms with Gasteiger partial charge in [0.05, 0.1) is 100.0 Å². The largest absolute Gasteiger partial charge is 0.309 e. The minimum Gasteiger partial charge on any atom is -0.309 e. The van der Waals surface area contributed by atoms with Crippen LogP contribution < -0.4 is 0 Å². The van der Waals surface area contributed by atoms with Crippen LogP contribution in [-0.2, 0) is 0 Å². The summed E-state index contributed by atoms with van der Waals surface area (Å²) in [6.07, 6.45) is 0. The number of fused-ring (bicyclic) bond motifs is 26. The zero-order valence-corrected chi connectivity index (χ0v) is 51.7. The second kappa shape index (κ2) is 18.4. The summed E-state index contributed by atoms with van der Waals surface area (Å²) in [5.41, 5.74) is 25.8. The Hall–Kier alpha value is -12.9. The predicted molar refractivity (Wildman–Crippen MR) is 404 cm³/mol. The Morgan fingerprint density at radius 2 is 0.365 bits per heavy atom. The lowest BCUT2D eigenvalue weighted by molar-refractivity contribution is 1.14. The molecule has 0 unspecified atom stereocenters. The Labute approximate surface area is 547 Å². The van der Waals surface area contributed by atoms with Crippen LogP contribution in [0.3, 0.4) is 0 Å². The minimum atomic E-state index is 1.13. The summed E-state index contributed by atoms with van der Waals surface area (Å²) < 4.78 is 15.3. The molecular weight excluding hydrogens is 1170 g/mol. The molecule has 0 saturated carbocycles. The maximum Gasteiger partial charge on any atom is 0.0634 e. The van der Waals surface area contributed by atoms with Gasteiger partial charge in [0.1, 0.15) is 0 Å². The van der Waals surface area contributed by atoms with Crippen molar-refractivity contribution in [2.45, 2.75) is 0 Å². The van der Waals surface area contributed by atoms with Gasteiger partial charge in [-0.3, -0.25) is 0 Å². The first-order valence-electron chi connectivity index (χ1n) is 33.3. The van der Waals surface area contributed by atoms with E-state index in [-0.39, 0.29) is 0 Å². The summed E-state index contributed by atoms with van der Waals surface area (Å²) in [5.74, 6) is 0. The molecule has 0 aliphatic carbocycles. The van der Waals surface area contributed by atoms with Gasteiger partial charge >= 0.3 is 0 Å². The molecule has 15 aromatic carbocycles. The van der Waals surface area contributed by atoms with Crippen molar-refractivity contribution in [3.8, 4) is 45.0 Å². The molecule has 96 heavy (non-hydrogen) atoms. The molecule has 0 spiro atoms. The summed E-state index contributed by atoms with van der Waals surface area (Å²) in [4.78, 5) is 0. The van der Waals surface area contributed by atoms with E-state index in [1.807, 2.05) is 0 Å². The maximum atomic E-state index is 2.62. The molecule has 0 bridgehead atoms. The number of para-hydroxylation sites is 10. The summed E-state index contributed by atoms with van der Waals surface area (Å²) in [6.45, 7) is 0. The molecular formula is C90H52N6. The van der Waals surface area contributed by atoms with Gasteiger partial charge in [0.25, 0.3) is 0 Å². The number of nitrogens with zero attached hydrogens (tertiary/aromatic N) is 6. The van der Waals surface area contributed by atoms with Gasteiger partial charge in [-0.05, 0) is 108 Å². The minimum absolute atomic E-state index is 1.13. The average Bonchev–Trinajstić information content (AvgIpc) is 1.49. The lowest BCUT2D eigenvalue weighted by Gasteiger charge is -2.20. The van der Waals surface area contributed by atoms with Crippen LogP contribution in [0.2, 0.25) is 0 Å². The van der Waals surface area contributed by atoms with Gasteiger partial charge in [-0.2, -0.15) is 0 Å². The van der Waals surface area contributed by atoms with Crippen LogP contribution in [0.4, 0.5) is 0 Å². The molecule has 6 heteroatoms. The number of hydrogen-bond acceptors (Lipinski definition) is 0. The van der Waals surface area contributed by atoms with E-state index in [1.54, 1.807) is 0 Å². The van der Waals surface area contributed by atoms with Crippen molar-refractivity contribution in [3.63, 3.8) is 0 Å². The van der Waals surface area contributed by atoms with Crippen LogP contribution in [-0.4, -0.2) is 27.1 Å². The van der Waals surface area contributed by atoms with E-state index >= 15 is 0 Å². The van der Waals surface area contributed by atoms with Crippen LogP contribution in [0.25, 0.3) is 208 Å². The fourth-order valence-electron chi connectivity index (χ4n) is 18.0. The third-order valence-electron chi connectivity index (χ3n) is 21.6. The van der Waals surface area contributed by atoms with Crippen LogP contribution in [0.15, 0.2) is 315 Å². The normalized spacial score (nSPS) is 12.6. The fraction of sp³-hybridized carbons (Fsp3) is 0. The predicted octanol–water partition coefficient (Wildman–Crippen LogP) is 23.7. The van der Waals surface area contributed by atoms with Gasteiger partial charge in [0, 0.05) is 97.3 Å². The van der Waals surface area contributed by atoms with E-state index in [0.717, 1.165) is 45.0 Å². The lowest BCUT2D eigenvalue weighted by Crippen LogP contribution is -2.03. The van der Waals surface area contributed by atoms with Crippen molar-refractivity contribution in [1.29, 1.82) is 0 Å². The highest BCUT2D eigenvalue weighted by atomic mass is 15.0. The highest BCUT2D eigenvalue weighted by molar-refractivity contribution is 6.45. The Morgan fingerprint density at radius 1 is 0.156 bits per heavy atom. The first-order chi connectivity index (χ1) is 47.7. The van der Waals surface area contributed by atoms with Crippen molar-refractivity contribution in [2.24, 2.45) is 0 Å². The molecule has 0 saturated heterocycles. The fourth-order valence-corrected chi connectivity index (χ4v) is 18.0. The quantitative estimate of drug-likeness (QED) is 0.159. The second-order valence-corrected chi connectivity index (χ2v) is 26.2. The zero-order valence-electron chi connectivity index (χ0n) is 51.7. The van der Waals surface area contributed by atoms with Crippen LogP contribution in [0, 0.1) is 0 Å². The first-order valence-corrected chi connectivity index (χ1v) is 33.3. The van der Waals surface area contributed by atoms with E-state index in [0.29, 0.717) is 0 Å². The van der Waals surface area contributed by atoms with Gasteiger partial charge in [-0.1, -0.05) is 218 Å². The topological polar surface area (TPSA) is 28.5 Å². The van der Waals surface area contributed by atoms with Crippen molar-refractivity contribution in [2.75, 3.05) is 0 Å². The van der Waals surface area contributed by atoms with E-state index in [2.05, 4.69) is 343 Å². The summed E-state index contributed by atoms with van der Waals surface area (Å²) in [5, 5.41) is 20.0. The van der Waals surface area contributed by atoms with Crippen molar-refractivity contribution < 1.29 is 0 Å². The molecule has 0 fully saturated rings. The van der Waals surface area contributed by atoms with E-state index in [4.69, 9.17) is 0 Å². The Morgan fingerprint density at radius 3 is 0.615 bits per heavy atom. The highest BCUT2D eigenvalue weighted by Gasteiger charge is 2.31. The number of hydrogen-bond donors (Lipinski definition) is 0. The summed E-state index contributed by atoms with van der Waals surface area (Å²) >= 11 is 0. The molecule has 0 atom stereocenters. The van der Waals surface area contributed by atoms with Crippen molar-refractivity contribution in [1.82, 2.24) is 27.1 Å². The van der Waals surface area contributed by atoms with Crippen LogP contribution in [0.5, 0.6) is 0 Å². The van der Waals surface area contributed by atoms with Gasteiger partial charge in [0.15, 0.2) is 0 Å². The lowest BCUT2D eigenvalue weighted by atomic mass is 9.95. The Kier molecular flexibility index (Phi) is 9.74. The molecule has 0 amide bonds. The van der Waals surface area contributed by atoms with Crippen LogP contribution >= 0.6 is 0 Å². The zero-order chi connectivity index (χ0) is 62.2. The summed E-state index contributed by atoms with van der Waals surface area (Å²) in [7, 11) is 0. The van der Waals surface area contributed by atoms with Crippen LogP contribution in [0.1, 0.15) is 0 Å². The molecule has 442 valence electrons. The van der Waals surface area contributed by atoms with E-state index < -0.39 is 0 Å². The first kappa shape index (κ1) is 50.7.